The van der Waals surface area contributed by atoms with E-state index in [1.165, 1.54) is 16.2 Å². The van der Waals surface area contributed by atoms with Gasteiger partial charge in [0.05, 0.1) is 12.1 Å². The Morgan fingerprint density at radius 1 is 1.32 bits per heavy atom. The zero-order valence-corrected chi connectivity index (χ0v) is 11.2. The molecule has 0 spiro atoms. The summed E-state index contributed by atoms with van der Waals surface area (Å²) in [6, 6.07) is 6.71. The van der Waals surface area contributed by atoms with E-state index in [1.54, 1.807) is 0 Å². The second-order valence-electron chi connectivity index (χ2n) is 4.02. The van der Waals surface area contributed by atoms with Crippen molar-refractivity contribution < 1.29 is 13.6 Å². The molecule has 0 N–H and O–H groups in total. The Balaban J connectivity index is 2.23. The Kier molecular flexibility index (Phi) is 4.27. The van der Waals surface area contributed by atoms with E-state index >= 15 is 0 Å². The van der Waals surface area contributed by atoms with E-state index in [9.17, 15) is 13.6 Å². The summed E-state index contributed by atoms with van der Waals surface area (Å²) >= 11 is 1.52. The van der Waals surface area contributed by atoms with Crippen LogP contribution in [-0.4, -0.2) is 17.4 Å². The quantitative estimate of drug-likeness (QED) is 0.837. The summed E-state index contributed by atoms with van der Waals surface area (Å²) in [4.78, 5) is 14.7. The molecular weight excluding hydrogens is 268 g/mol. The molecule has 0 aliphatic heterocycles. The van der Waals surface area contributed by atoms with E-state index in [4.69, 9.17) is 0 Å². The smallest absolute Gasteiger partial charge is 0.257 e. The Morgan fingerprint density at radius 2 is 2.11 bits per heavy atom. The van der Waals surface area contributed by atoms with Crippen LogP contribution in [0.3, 0.4) is 0 Å². The molecule has 5 heteroatoms. The lowest BCUT2D eigenvalue weighted by Gasteiger charge is -2.20. The summed E-state index contributed by atoms with van der Waals surface area (Å²) in [5.41, 5.74) is -0.224. The fourth-order valence-electron chi connectivity index (χ4n) is 1.75. The number of rotatable bonds is 4. The highest BCUT2D eigenvalue weighted by atomic mass is 32.1. The lowest BCUT2D eigenvalue weighted by Crippen LogP contribution is -2.30. The maximum absolute atomic E-state index is 13.6. The lowest BCUT2D eigenvalue weighted by atomic mass is 10.1. The molecule has 0 atom stereocenters. The van der Waals surface area contributed by atoms with Gasteiger partial charge in [0, 0.05) is 11.4 Å². The van der Waals surface area contributed by atoms with Gasteiger partial charge in [0.25, 0.3) is 5.91 Å². The first-order valence-electron chi connectivity index (χ1n) is 5.88. The van der Waals surface area contributed by atoms with Crippen molar-refractivity contribution in [2.24, 2.45) is 0 Å². The number of benzene rings is 1. The fourth-order valence-corrected chi connectivity index (χ4v) is 2.47. The molecule has 0 radical (unpaired) electrons. The number of hydrogen-bond donors (Lipinski definition) is 0. The first-order valence-corrected chi connectivity index (χ1v) is 6.76. The number of amides is 1. The molecule has 0 unspecified atom stereocenters. The Morgan fingerprint density at radius 3 is 2.74 bits per heavy atom. The van der Waals surface area contributed by atoms with Crippen LogP contribution in [0.1, 0.15) is 22.2 Å². The summed E-state index contributed by atoms with van der Waals surface area (Å²) in [5, 5.41) is 1.91. The van der Waals surface area contributed by atoms with Gasteiger partial charge in [-0.3, -0.25) is 4.79 Å². The van der Waals surface area contributed by atoms with E-state index in [0.29, 0.717) is 13.1 Å². The van der Waals surface area contributed by atoms with E-state index < -0.39 is 17.5 Å². The van der Waals surface area contributed by atoms with Gasteiger partial charge in [-0.25, -0.2) is 8.78 Å². The number of nitrogens with zero attached hydrogens (tertiary/aromatic N) is 1. The fraction of sp³-hybridized carbons (Fsp3) is 0.214. The monoisotopic (exact) mass is 281 g/mol. The molecular formula is C14H13F2NOS. The van der Waals surface area contributed by atoms with Crippen LogP contribution in [-0.2, 0) is 6.54 Å². The third kappa shape index (κ3) is 3.17. The van der Waals surface area contributed by atoms with Gasteiger partial charge in [-0.2, -0.15) is 0 Å². The molecule has 0 fully saturated rings. The average Bonchev–Trinajstić information content (AvgIpc) is 2.91. The number of carbonyl (C=O) groups is 1. The number of halogens is 2. The highest BCUT2D eigenvalue weighted by molar-refractivity contribution is 7.09. The molecule has 100 valence electrons. The van der Waals surface area contributed by atoms with Crippen molar-refractivity contribution in [3.63, 3.8) is 0 Å². The molecule has 0 saturated heterocycles. The molecule has 1 amide bonds. The average molecular weight is 281 g/mol. The minimum atomic E-state index is -0.698. The van der Waals surface area contributed by atoms with Crippen LogP contribution in [0.4, 0.5) is 8.78 Å². The zero-order valence-electron chi connectivity index (χ0n) is 10.4. The van der Waals surface area contributed by atoms with Crippen LogP contribution in [0, 0.1) is 11.6 Å². The summed E-state index contributed by atoms with van der Waals surface area (Å²) in [7, 11) is 0. The first-order chi connectivity index (χ1) is 9.11. The SMILES string of the molecule is CCN(Cc1cccs1)C(=O)c1cc(F)ccc1F. The summed E-state index contributed by atoms with van der Waals surface area (Å²) in [6.45, 7) is 2.65. The van der Waals surface area contributed by atoms with E-state index in [-0.39, 0.29) is 5.56 Å². The molecule has 0 bridgehead atoms. The zero-order chi connectivity index (χ0) is 13.8. The van der Waals surface area contributed by atoms with Crippen LogP contribution in [0.15, 0.2) is 35.7 Å². The molecule has 0 saturated carbocycles. The van der Waals surface area contributed by atoms with Crippen LogP contribution < -0.4 is 0 Å². The Bertz CT molecular complexity index is 569. The van der Waals surface area contributed by atoms with Crippen molar-refractivity contribution in [2.75, 3.05) is 6.54 Å². The van der Waals surface area contributed by atoms with Crippen molar-refractivity contribution in [1.82, 2.24) is 4.90 Å². The van der Waals surface area contributed by atoms with Crippen molar-refractivity contribution in [1.29, 1.82) is 0 Å². The second-order valence-corrected chi connectivity index (χ2v) is 5.06. The topological polar surface area (TPSA) is 20.3 Å². The van der Waals surface area contributed by atoms with Gasteiger partial charge in [0.2, 0.25) is 0 Å². The molecule has 1 aromatic carbocycles. The third-order valence-electron chi connectivity index (χ3n) is 2.75. The number of carbonyl (C=O) groups excluding carboxylic acids is 1. The second kappa shape index (κ2) is 5.93. The molecule has 0 aliphatic carbocycles. The first kappa shape index (κ1) is 13.7. The number of hydrogen-bond acceptors (Lipinski definition) is 2. The summed E-state index contributed by atoms with van der Waals surface area (Å²) in [6.07, 6.45) is 0. The van der Waals surface area contributed by atoms with Gasteiger partial charge in [0.15, 0.2) is 0 Å². The molecule has 1 aromatic heterocycles. The third-order valence-corrected chi connectivity index (χ3v) is 3.62. The van der Waals surface area contributed by atoms with Gasteiger partial charge in [-0.1, -0.05) is 6.07 Å². The maximum atomic E-state index is 13.6. The predicted molar refractivity (Wildman–Crippen MR) is 71.1 cm³/mol. The van der Waals surface area contributed by atoms with Gasteiger partial charge in [-0.15, -0.1) is 11.3 Å². The molecule has 2 aromatic rings. The normalized spacial score (nSPS) is 10.5. The van der Waals surface area contributed by atoms with E-state index in [2.05, 4.69) is 0 Å². The van der Waals surface area contributed by atoms with Crippen LogP contribution >= 0.6 is 11.3 Å². The van der Waals surface area contributed by atoms with Crippen molar-refractivity contribution >= 4 is 17.2 Å². The Labute approximate surface area is 114 Å². The van der Waals surface area contributed by atoms with Crippen molar-refractivity contribution in [3.05, 3.63) is 57.8 Å². The highest BCUT2D eigenvalue weighted by Crippen LogP contribution is 2.16. The standard InChI is InChI=1S/C14H13F2NOS/c1-2-17(9-11-4-3-7-19-11)14(18)12-8-10(15)5-6-13(12)16/h3-8H,2,9H2,1H3. The molecule has 2 nitrogen and oxygen atoms in total. The minimum Gasteiger partial charge on any atom is -0.334 e. The Hall–Kier alpha value is -1.75. The van der Waals surface area contributed by atoms with E-state index in [0.717, 1.165) is 23.1 Å². The largest absolute Gasteiger partial charge is 0.334 e. The molecule has 1 heterocycles. The van der Waals surface area contributed by atoms with Crippen LogP contribution in [0.2, 0.25) is 0 Å². The lowest BCUT2D eigenvalue weighted by molar-refractivity contribution is 0.0749. The number of thiophene rings is 1. The van der Waals surface area contributed by atoms with Gasteiger partial charge < -0.3 is 4.90 Å². The van der Waals surface area contributed by atoms with Crippen molar-refractivity contribution in [3.8, 4) is 0 Å². The van der Waals surface area contributed by atoms with E-state index in [1.807, 2.05) is 24.4 Å². The highest BCUT2D eigenvalue weighted by Gasteiger charge is 2.19. The molecule has 19 heavy (non-hydrogen) atoms. The minimum absolute atomic E-state index is 0.224. The van der Waals surface area contributed by atoms with Crippen LogP contribution in [0.25, 0.3) is 0 Å². The molecule has 2 rings (SSSR count). The van der Waals surface area contributed by atoms with Crippen LogP contribution in [0.5, 0.6) is 0 Å². The van der Waals surface area contributed by atoms with Gasteiger partial charge in [0.1, 0.15) is 11.6 Å². The van der Waals surface area contributed by atoms with Crippen molar-refractivity contribution in [2.45, 2.75) is 13.5 Å². The summed E-state index contributed by atoms with van der Waals surface area (Å²) in [5.74, 6) is -1.80. The molecule has 0 aliphatic rings. The maximum Gasteiger partial charge on any atom is 0.257 e. The van der Waals surface area contributed by atoms with Gasteiger partial charge in [-0.05, 0) is 36.6 Å². The van der Waals surface area contributed by atoms with Gasteiger partial charge >= 0.3 is 0 Å². The summed E-state index contributed by atoms with van der Waals surface area (Å²) < 4.78 is 26.7. The predicted octanol–water partition coefficient (Wildman–Crippen LogP) is 3.69.